The van der Waals surface area contributed by atoms with Crippen LogP contribution in [0, 0.1) is 6.92 Å². The molecule has 0 aliphatic heterocycles. The standard InChI is InChI=1S/C12H11N3O4S/c1-6-3-4-8(7(5-6)11(18)19)20-12-13-9(16)10(17)14-15(12)2/h3-5H,1-2H3,(H,14,17)(H,18,19). The van der Waals surface area contributed by atoms with Crippen molar-refractivity contribution in [3.63, 3.8) is 0 Å². The number of carbonyl (C=O) groups is 1. The Kier molecular flexibility index (Phi) is 3.75. The number of hydrogen-bond acceptors (Lipinski definition) is 5. The third-order valence-corrected chi connectivity index (χ3v) is 3.64. The van der Waals surface area contributed by atoms with Crippen molar-refractivity contribution in [2.45, 2.75) is 17.0 Å². The zero-order chi connectivity index (χ0) is 14.9. The Morgan fingerprint density at radius 3 is 2.75 bits per heavy atom. The molecule has 0 aliphatic carbocycles. The van der Waals surface area contributed by atoms with Gasteiger partial charge in [0.2, 0.25) is 0 Å². The second kappa shape index (κ2) is 5.33. The van der Waals surface area contributed by atoms with Crippen LogP contribution in [-0.4, -0.2) is 25.8 Å². The predicted molar refractivity (Wildman–Crippen MR) is 72.4 cm³/mol. The fourth-order valence-corrected chi connectivity index (χ4v) is 2.45. The molecule has 20 heavy (non-hydrogen) atoms. The average molecular weight is 293 g/mol. The van der Waals surface area contributed by atoms with Crippen molar-refractivity contribution in [2.24, 2.45) is 7.05 Å². The molecule has 0 amide bonds. The van der Waals surface area contributed by atoms with E-state index in [1.807, 2.05) is 0 Å². The maximum Gasteiger partial charge on any atom is 0.339 e. The highest BCUT2D eigenvalue weighted by Crippen LogP contribution is 2.28. The summed E-state index contributed by atoms with van der Waals surface area (Å²) in [4.78, 5) is 37.6. The van der Waals surface area contributed by atoms with Gasteiger partial charge in [-0.25, -0.2) is 4.79 Å². The van der Waals surface area contributed by atoms with Gasteiger partial charge in [0.1, 0.15) is 0 Å². The van der Waals surface area contributed by atoms with E-state index in [0.29, 0.717) is 4.90 Å². The van der Waals surface area contributed by atoms with Crippen molar-refractivity contribution in [1.29, 1.82) is 0 Å². The molecule has 1 heterocycles. The molecular weight excluding hydrogens is 282 g/mol. The van der Waals surface area contributed by atoms with E-state index in [4.69, 9.17) is 0 Å². The lowest BCUT2D eigenvalue weighted by Crippen LogP contribution is -2.33. The Bertz CT molecular complexity index is 794. The number of nitrogens with one attached hydrogen (secondary N) is 1. The Morgan fingerprint density at radius 1 is 1.40 bits per heavy atom. The van der Waals surface area contributed by atoms with Crippen LogP contribution in [0.1, 0.15) is 15.9 Å². The lowest BCUT2D eigenvalue weighted by Gasteiger charge is -2.08. The number of aromatic carboxylic acids is 1. The number of nitrogens with zero attached hydrogens (tertiary/aromatic N) is 2. The van der Waals surface area contributed by atoms with Crippen LogP contribution in [0.15, 0.2) is 37.8 Å². The van der Waals surface area contributed by atoms with Crippen LogP contribution in [0.3, 0.4) is 0 Å². The Labute approximate surface area is 117 Å². The fraction of sp³-hybridized carbons (Fsp3) is 0.167. The van der Waals surface area contributed by atoms with E-state index < -0.39 is 17.1 Å². The van der Waals surface area contributed by atoms with Gasteiger partial charge in [-0.2, -0.15) is 4.98 Å². The first-order valence-corrected chi connectivity index (χ1v) is 6.39. The third kappa shape index (κ3) is 2.80. The largest absolute Gasteiger partial charge is 0.478 e. The monoisotopic (exact) mass is 293 g/mol. The molecule has 104 valence electrons. The van der Waals surface area contributed by atoms with Gasteiger partial charge in [0.15, 0.2) is 5.16 Å². The summed E-state index contributed by atoms with van der Waals surface area (Å²) in [5, 5.41) is 11.7. The van der Waals surface area contributed by atoms with Gasteiger partial charge in [-0.1, -0.05) is 11.6 Å². The Morgan fingerprint density at radius 2 is 2.10 bits per heavy atom. The number of aromatic nitrogens is 3. The molecule has 2 aromatic rings. The molecule has 8 heteroatoms. The summed E-state index contributed by atoms with van der Waals surface area (Å²) in [7, 11) is 1.52. The lowest BCUT2D eigenvalue weighted by atomic mass is 10.1. The van der Waals surface area contributed by atoms with Crippen LogP contribution in [-0.2, 0) is 7.05 Å². The molecule has 1 aromatic heterocycles. The van der Waals surface area contributed by atoms with E-state index in [0.717, 1.165) is 17.3 Å². The zero-order valence-electron chi connectivity index (χ0n) is 10.7. The highest BCUT2D eigenvalue weighted by molar-refractivity contribution is 7.99. The maximum atomic E-state index is 11.3. The molecule has 0 bridgehead atoms. The fourth-order valence-electron chi connectivity index (χ4n) is 1.55. The van der Waals surface area contributed by atoms with E-state index in [-0.39, 0.29) is 10.7 Å². The van der Waals surface area contributed by atoms with Crippen molar-refractivity contribution < 1.29 is 9.90 Å². The van der Waals surface area contributed by atoms with Gasteiger partial charge in [0.25, 0.3) is 0 Å². The normalized spacial score (nSPS) is 10.5. The molecular formula is C12H11N3O4S. The number of rotatable bonds is 3. The second-order valence-electron chi connectivity index (χ2n) is 4.11. The SMILES string of the molecule is Cc1ccc(Sc2nc(=O)c(=O)[nH]n2C)c(C(=O)O)c1. The molecule has 1 aromatic carbocycles. The number of carboxylic acids is 1. The second-order valence-corrected chi connectivity index (χ2v) is 5.12. The highest BCUT2D eigenvalue weighted by atomic mass is 32.2. The van der Waals surface area contributed by atoms with Crippen molar-refractivity contribution >= 4 is 17.7 Å². The number of H-pyrrole nitrogens is 1. The molecule has 0 spiro atoms. The van der Waals surface area contributed by atoms with E-state index in [2.05, 4.69) is 10.1 Å². The van der Waals surface area contributed by atoms with Crippen LogP contribution in [0.4, 0.5) is 0 Å². The lowest BCUT2D eigenvalue weighted by molar-refractivity contribution is 0.0693. The van der Waals surface area contributed by atoms with Crippen molar-refractivity contribution in [3.8, 4) is 0 Å². The molecule has 7 nitrogen and oxygen atoms in total. The van der Waals surface area contributed by atoms with Gasteiger partial charge in [-0.05, 0) is 30.8 Å². The van der Waals surface area contributed by atoms with Gasteiger partial charge in [0, 0.05) is 11.9 Å². The zero-order valence-corrected chi connectivity index (χ0v) is 11.5. The maximum absolute atomic E-state index is 11.3. The van der Waals surface area contributed by atoms with Gasteiger partial charge < -0.3 is 5.11 Å². The number of hydrogen-bond donors (Lipinski definition) is 2. The molecule has 0 fully saturated rings. The summed E-state index contributed by atoms with van der Waals surface area (Å²) in [6.07, 6.45) is 0. The Hall–Kier alpha value is -2.35. The van der Waals surface area contributed by atoms with E-state index in [9.17, 15) is 19.5 Å². The summed E-state index contributed by atoms with van der Waals surface area (Å²) >= 11 is 1.00. The quantitative estimate of drug-likeness (QED) is 0.804. The molecule has 0 saturated heterocycles. The van der Waals surface area contributed by atoms with Gasteiger partial charge in [0.05, 0.1) is 5.56 Å². The molecule has 2 N–H and O–H groups in total. The third-order valence-electron chi connectivity index (χ3n) is 2.51. The topological polar surface area (TPSA) is 105 Å². The minimum atomic E-state index is -1.06. The van der Waals surface area contributed by atoms with Crippen molar-refractivity contribution in [2.75, 3.05) is 0 Å². The molecule has 0 aliphatic rings. The minimum Gasteiger partial charge on any atom is -0.478 e. The number of carboxylic acid groups (broad SMARTS) is 1. The summed E-state index contributed by atoms with van der Waals surface area (Å²) in [5.74, 6) is -1.06. The summed E-state index contributed by atoms with van der Waals surface area (Å²) < 4.78 is 1.28. The van der Waals surface area contributed by atoms with Crippen LogP contribution < -0.4 is 11.1 Å². The van der Waals surface area contributed by atoms with Gasteiger partial charge >= 0.3 is 17.1 Å². The van der Waals surface area contributed by atoms with Gasteiger partial charge in [-0.3, -0.25) is 19.4 Å². The van der Waals surface area contributed by atoms with Crippen LogP contribution in [0.5, 0.6) is 0 Å². The van der Waals surface area contributed by atoms with Crippen LogP contribution >= 0.6 is 11.8 Å². The van der Waals surface area contributed by atoms with Crippen molar-refractivity contribution in [1.82, 2.24) is 14.8 Å². The number of aromatic amines is 1. The molecule has 2 rings (SSSR count). The van der Waals surface area contributed by atoms with E-state index in [1.165, 1.54) is 17.8 Å². The molecule has 0 radical (unpaired) electrons. The minimum absolute atomic E-state index is 0.121. The summed E-state index contributed by atoms with van der Waals surface area (Å²) in [5.41, 5.74) is -0.792. The smallest absolute Gasteiger partial charge is 0.339 e. The van der Waals surface area contributed by atoms with E-state index >= 15 is 0 Å². The van der Waals surface area contributed by atoms with E-state index in [1.54, 1.807) is 19.1 Å². The molecule has 0 saturated carbocycles. The number of aryl methyl sites for hydroxylation is 2. The van der Waals surface area contributed by atoms with Crippen LogP contribution in [0.2, 0.25) is 0 Å². The molecule has 0 atom stereocenters. The first-order chi connectivity index (χ1) is 9.38. The van der Waals surface area contributed by atoms with Crippen LogP contribution in [0.25, 0.3) is 0 Å². The summed E-state index contributed by atoms with van der Waals surface area (Å²) in [6, 6.07) is 4.94. The van der Waals surface area contributed by atoms with Crippen molar-refractivity contribution in [3.05, 3.63) is 50.0 Å². The predicted octanol–water partition coefficient (Wildman–Crippen LogP) is 0.626. The Balaban J connectivity index is 2.50. The molecule has 0 unspecified atom stereocenters. The summed E-state index contributed by atoms with van der Waals surface area (Å²) in [6.45, 7) is 1.79. The average Bonchev–Trinajstić information content (AvgIpc) is 2.37. The van der Waals surface area contributed by atoms with Gasteiger partial charge in [-0.15, -0.1) is 0 Å². The first-order valence-electron chi connectivity index (χ1n) is 5.57. The highest BCUT2D eigenvalue weighted by Gasteiger charge is 2.14. The first kappa shape index (κ1) is 14.1. The number of benzene rings is 1.